The Labute approximate surface area is 464 Å². The molecule has 8 aromatic rings. The van der Waals surface area contributed by atoms with Gasteiger partial charge in [0.1, 0.15) is 78.2 Å². The minimum Gasteiger partial charge on any atom is -0.488 e. The average molecular weight is 1100 g/mol. The summed E-state index contributed by atoms with van der Waals surface area (Å²) in [5.41, 5.74) is 9.78. The van der Waals surface area contributed by atoms with Crippen LogP contribution in [0.4, 0.5) is 8.78 Å². The topological polar surface area (TPSA) is 197 Å². The average Bonchev–Trinajstić information content (AvgIpc) is 4.25. The SMILES string of the molecule is C[C@@H](O)[C@H](NCc1cc(Cl)c(O[C@H]2CCc3c(-c4ccccc4F)cccc32)cc1OCc1cncc(C#N)c1)C(=O)O.N#Cc1cncc(COc2cc(O[C@H]3CCc4c(-c5ccccc5F)cccc43)c(Cl)cc2C=O)c1. The lowest BCUT2D eigenvalue weighted by Crippen LogP contribution is -2.44. The van der Waals surface area contributed by atoms with E-state index in [4.69, 9.17) is 47.4 Å². The second-order valence-corrected chi connectivity index (χ2v) is 19.5. The summed E-state index contributed by atoms with van der Waals surface area (Å²) in [5.74, 6) is -0.311. The van der Waals surface area contributed by atoms with Crippen molar-refractivity contribution in [2.24, 2.45) is 0 Å². The second-order valence-electron chi connectivity index (χ2n) is 18.7. The molecule has 13 nitrogen and oxygen atoms in total. The molecular weight excluding hydrogens is 1050 g/mol. The van der Waals surface area contributed by atoms with Crippen molar-refractivity contribution < 1.29 is 47.5 Å². The van der Waals surface area contributed by atoms with Gasteiger partial charge in [0.2, 0.25) is 0 Å². The first-order chi connectivity index (χ1) is 38.3. The van der Waals surface area contributed by atoms with E-state index in [0.29, 0.717) is 92.5 Å². The number of nitrogens with one attached hydrogen (secondary N) is 1. The van der Waals surface area contributed by atoms with Crippen molar-refractivity contribution in [3.05, 3.63) is 223 Å². The molecule has 2 heterocycles. The molecule has 2 aromatic heterocycles. The molecule has 2 aliphatic carbocycles. The van der Waals surface area contributed by atoms with E-state index in [0.717, 1.165) is 39.8 Å². The number of aliphatic hydroxyl groups excluding tert-OH is 1. The van der Waals surface area contributed by atoms with Gasteiger partial charge in [0.25, 0.3) is 0 Å². The Morgan fingerprint density at radius 2 is 1.16 bits per heavy atom. The Balaban J connectivity index is 0.000000195. The maximum Gasteiger partial charge on any atom is 0.323 e. The highest BCUT2D eigenvalue weighted by Crippen LogP contribution is 2.45. The number of aliphatic hydroxyl groups is 1. The summed E-state index contributed by atoms with van der Waals surface area (Å²) in [6.07, 6.45) is 7.81. The van der Waals surface area contributed by atoms with E-state index in [1.807, 2.05) is 60.7 Å². The van der Waals surface area contributed by atoms with Crippen LogP contribution in [0.15, 0.2) is 146 Å². The number of aromatic nitrogens is 2. The number of fused-ring (bicyclic) bond motifs is 2. The molecule has 0 radical (unpaired) electrons. The molecule has 0 saturated carbocycles. The third kappa shape index (κ3) is 12.8. The van der Waals surface area contributed by atoms with Crippen molar-refractivity contribution in [3.63, 3.8) is 0 Å². The number of pyridine rings is 2. The minimum atomic E-state index is -1.21. The zero-order valence-corrected chi connectivity index (χ0v) is 43.8. The number of hydrogen-bond donors (Lipinski definition) is 3. The monoisotopic (exact) mass is 1100 g/mol. The molecule has 79 heavy (non-hydrogen) atoms. The number of carbonyl (C=O) groups is 2. The summed E-state index contributed by atoms with van der Waals surface area (Å²) in [5, 5.41) is 41.1. The number of carbonyl (C=O) groups excluding carboxylic acids is 1. The van der Waals surface area contributed by atoms with Gasteiger partial charge in [-0.25, -0.2) is 8.78 Å². The van der Waals surface area contributed by atoms with Gasteiger partial charge >= 0.3 is 5.97 Å². The first-order valence-corrected chi connectivity index (χ1v) is 25.8. The van der Waals surface area contributed by atoms with Gasteiger partial charge < -0.3 is 29.2 Å². The molecule has 0 saturated heterocycles. The highest BCUT2D eigenvalue weighted by atomic mass is 35.5. The molecule has 0 unspecified atom stereocenters. The Kier molecular flexibility index (Phi) is 17.6. The third-order valence-electron chi connectivity index (χ3n) is 13.5. The van der Waals surface area contributed by atoms with Crippen LogP contribution in [-0.4, -0.2) is 44.6 Å². The molecule has 398 valence electrons. The molecule has 17 heteroatoms. The van der Waals surface area contributed by atoms with Crippen LogP contribution >= 0.6 is 23.2 Å². The van der Waals surface area contributed by atoms with E-state index in [2.05, 4.69) is 15.3 Å². The van der Waals surface area contributed by atoms with Gasteiger partial charge in [-0.15, -0.1) is 0 Å². The lowest BCUT2D eigenvalue weighted by atomic mass is 9.96. The molecule has 3 N–H and O–H groups in total. The highest BCUT2D eigenvalue weighted by molar-refractivity contribution is 6.32. The zero-order valence-electron chi connectivity index (χ0n) is 42.3. The third-order valence-corrected chi connectivity index (χ3v) is 14.1. The van der Waals surface area contributed by atoms with Gasteiger partial charge in [-0.3, -0.25) is 24.9 Å². The maximum absolute atomic E-state index is 14.6. The number of ether oxygens (including phenoxy) is 4. The smallest absolute Gasteiger partial charge is 0.323 e. The van der Waals surface area contributed by atoms with Crippen LogP contribution in [0.2, 0.25) is 10.0 Å². The summed E-state index contributed by atoms with van der Waals surface area (Å²) in [6.45, 7) is 1.61. The van der Waals surface area contributed by atoms with Crippen LogP contribution in [-0.2, 0) is 37.4 Å². The van der Waals surface area contributed by atoms with Gasteiger partial charge in [0, 0.05) is 71.3 Å². The van der Waals surface area contributed by atoms with E-state index in [1.165, 1.54) is 37.5 Å². The van der Waals surface area contributed by atoms with Crippen LogP contribution in [0.5, 0.6) is 23.0 Å². The molecule has 0 fully saturated rings. The summed E-state index contributed by atoms with van der Waals surface area (Å²) in [7, 11) is 0. The first kappa shape index (κ1) is 55.1. The van der Waals surface area contributed by atoms with Crippen molar-refractivity contribution in [2.45, 2.75) is 76.7 Å². The molecule has 2 aliphatic rings. The quantitative estimate of drug-likeness (QED) is 0.0687. The number of rotatable bonds is 18. The fourth-order valence-electron chi connectivity index (χ4n) is 9.71. The Morgan fingerprint density at radius 3 is 1.65 bits per heavy atom. The summed E-state index contributed by atoms with van der Waals surface area (Å²) in [4.78, 5) is 31.3. The van der Waals surface area contributed by atoms with E-state index in [9.17, 15) is 33.8 Å². The van der Waals surface area contributed by atoms with Crippen molar-refractivity contribution >= 4 is 35.5 Å². The molecule has 0 amide bonds. The van der Waals surface area contributed by atoms with Gasteiger partial charge in [-0.05, 0) is 102 Å². The molecule has 10 rings (SSSR count). The lowest BCUT2D eigenvalue weighted by molar-refractivity contribution is -0.142. The summed E-state index contributed by atoms with van der Waals surface area (Å²) in [6, 6.07) is 37.6. The molecule has 0 aliphatic heterocycles. The minimum absolute atomic E-state index is 0.0337. The van der Waals surface area contributed by atoms with Crippen LogP contribution in [0.25, 0.3) is 22.3 Å². The van der Waals surface area contributed by atoms with E-state index < -0.39 is 18.1 Å². The molecule has 0 bridgehead atoms. The van der Waals surface area contributed by atoms with Crippen LogP contribution in [0.3, 0.4) is 0 Å². The predicted octanol–water partition coefficient (Wildman–Crippen LogP) is 12.9. The zero-order chi connectivity index (χ0) is 55.6. The largest absolute Gasteiger partial charge is 0.488 e. The van der Waals surface area contributed by atoms with Crippen LogP contribution in [0, 0.1) is 34.3 Å². The van der Waals surface area contributed by atoms with E-state index in [1.54, 1.807) is 67.0 Å². The van der Waals surface area contributed by atoms with Gasteiger partial charge in [-0.2, -0.15) is 10.5 Å². The first-order valence-electron chi connectivity index (χ1n) is 25.1. The molecule has 0 spiro atoms. The van der Waals surface area contributed by atoms with Crippen molar-refractivity contribution in [2.75, 3.05) is 0 Å². The van der Waals surface area contributed by atoms with Crippen molar-refractivity contribution in [1.82, 2.24) is 15.3 Å². The second kappa shape index (κ2) is 25.2. The van der Waals surface area contributed by atoms with Crippen molar-refractivity contribution in [3.8, 4) is 57.4 Å². The highest BCUT2D eigenvalue weighted by Gasteiger charge is 2.31. The number of nitriles is 2. The molecular formula is C62H49Cl2F2N5O8. The number of aliphatic carboxylic acids is 1. The number of carboxylic acid groups (broad SMARTS) is 1. The van der Waals surface area contributed by atoms with Gasteiger partial charge in [0.15, 0.2) is 6.29 Å². The number of benzene rings is 6. The van der Waals surface area contributed by atoms with Crippen LogP contribution in [0.1, 0.15) is 92.4 Å². The van der Waals surface area contributed by atoms with E-state index in [-0.39, 0.29) is 54.2 Å². The number of nitrogens with zero attached hydrogens (tertiary/aromatic N) is 4. The Bertz CT molecular complexity index is 3660. The summed E-state index contributed by atoms with van der Waals surface area (Å²) < 4.78 is 53.8. The lowest BCUT2D eigenvalue weighted by Gasteiger charge is -2.21. The standard InChI is InChI=1S/C33H29ClFN3O5.C29H20ClFN2O3/c1-19(39)32(33(40)41)38-17-22-12-27(34)31(13-30(22)42-18-21-11-20(14-36)15-37-16-21)43-29-10-9-24-23(6-4-7-26(24)29)25-5-2-3-8-28(25)35;30-25-11-20(16-34)28(35-17-19-10-18(13-32)14-33-15-19)12-29(25)36-27-9-8-22-21(5-3-6-24(22)27)23-4-1-2-7-26(23)31/h2-8,11-13,15-16,19,29,32,38-39H,9-10,17-18H2,1H3,(H,40,41);1-7,10-12,14-16,27H,8-9,17H2/t19-,29+,32+;27-/m10/s1. The normalized spacial score (nSPS) is 14.7. The number of halogens is 4. The molecule has 4 atom stereocenters. The van der Waals surface area contributed by atoms with Crippen LogP contribution < -0.4 is 24.3 Å². The van der Waals surface area contributed by atoms with Gasteiger partial charge in [0.05, 0.1) is 32.8 Å². The Morgan fingerprint density at radius 1 is 0.684 bits per heavy atom. The van der Waals surface area contributed by atoms with Crippen molar-refractivity contribution in [1.29, 1.82) is 10.5 Å². The van der Waals surface area contributed by atoms with Gasteiger partial charge in [-0.1, -0.05) is 96.0 Å². The number of hydrogen-bond acceptors (Lipinski definition) is 12. The fraction of sp³-hybridized carbons (Fsp3) is 0.194. The maximum atomic E-state index is 14.6. The van der Waals surface area contributed by atoms with E-state index >= 15 is 0 Å². The Hall–Kier alpha value is -8.70. The number of aldehydes is 1. The molecule has 6 aromatic carbocycles. The summed E-state index contributed by atoms with van der Waals surface area (Å²) >= 11 is 13.1. The number of carboxylic acids is 1. The fourth-order valence-corrected chi connectivity index (χ4v) is 10.2. The predicted molar refractivity (Wildman–Crippen MR) is 292 cm³/mol.